The van der Waals surface area contributed by atoms with Crippen LogP contribution in [0.1, 0.15) is 53.5 Å². The van der Waals surface area contributed by atoms with E-state index in [0.29, 0.717) is 18.8 Å². The van der Waals surface area contributed by atoms with Gasteiger partial charge in [0.05, 0.1) is 11.7 Å². The zero-order valence-electron chi connectivity index (χ0n) is 16.2. The Morgan fingerprint density at radius 3 is 2.67 bits per heavy atom. The molecule has 0 aliphatic heterocycles. The summed E-state index contributed by atoms with van der Waals surface area (Å²) < 4.78 is 1.88. The topological polar surface area (TPSA) is 59.3 Å². The van der Waals surface area contributed by atoms with Crippen molar-refractivity contribution in [2.75, 3.05) is 0 Å². The van der Waals surface area contributed by atoms with Crippen molar-refractivity contribution in [3.05, 3.63) is 64.6 Å². The molecule has 3 aromatic rings. The number of hydrogen-bond acceptors (Lipinski definition) is 3. The molecule has 5 nitrogen and oxygen atoms in total. The Hall–Kier alpha value is -2.69. The van der Waals surface area contributed by atoms with Crippen LogP contribution in [0.4, 0.5) is 0 Å². The molecule has 5 heteroatoms. The molecule has 0 radical (unpaired) electrons. The summed E-state index contributed by atoms with van der Waals surface area (Å²) in [6.45, 7) is 6.04. The van der Waals surface area contributed by atoms with Gasteiger partial charge in [0, 0.05) is 23.9 Å². The van der Waals surface area contributed by atoms with Crippen LogP contribution in [0.3, 0.4) is 0 Å². The minimum absolute atomic E-state index is 0.103. The zero-order chi connectivity index (χ0) is 19.0. The van der Waals surface area contributed by atoms with Gasteiger partial charge in [0.25, 0.3) is 0 Å². The van der Waals surface area contributed by atoms with Crippen LogP contribution >= 0.6 is 0 Å². The Bertz CT molecular complexity index is 973. The maximum atomic E-state index is 12.7. The van der Waals surface area contributed by atoms with E-state index in [2.05, 4.69) is 34.5 Å². The summed E-state index contributed by atoms with van der Waals surface area (Å²) in [6, 6.07) is 12.4. The minimum Gasteiger partial charge on any atom is -0.349 e. The number of rotatable bonds is 6. The molecule has 4 rings (SSSR count). The van der Waals surface area contributed by atoms with Crippen LogP contribution in [0.25, 0.3) is 5.65 Å². The molecule has 1 amide bonds. The molecule has 1 saturated carbocycles. The maximum Gasteiger partial charge on any atom is 0.220 e. The average Bonchev–Trinajstić information content (AvgIpc) is 3.42. The van der Waals surface area contributed by atoms with Gasteiger partial charge in [-0.2, -0.15) is 5.10 Å². The zero-order valence-corrected chi connectivity index (χ0v) is 16.2. The van der Waals surface area contributed by atoms with Gasteiger partial charge in [-0.25, -0.2) is 9.50 Å². The Labute approximate surface area is 159 Å². The first-order valence-corrected chi connectivity index (χ1v) is 9.69. The molecule has 1 aliphatic rings. The summed E-state index contributed by atoms with van der Waals surface area (Å²) >= 11 is 0. The van der Waals surface area contributed by atoms with E-state index in [-0.39, 0.29) is 11.9 Å². The van der Waals surface area contributed by atoms with Gasteiger partial charge in [-0.15, -0.1) is 0 Å². The quantitative estimate of drug-likeness (QED) is 0.724. The van der Waals surface area contributed by atoms with E-state index in [1.54, 1.807) is 0 Å². The summed E-state index contributed by atoms with van der Waals surface area (Å²) in [4.78, 5) is 17.3. The Morgan fingerprint density at radius 2 is 1.96 bits per heavy atom. The molecule has 1 aromatic carbocycles. The highest BCUT2D eigenvalue weighted by Gasteiger charge is 2.33. The van der Waals surface area contributed by atoms with Gasteiger partial charge in [0.1, 0.15) is 0 Å². The second-order valence-corrected chi connectivity index (χ2v) is 7.61. The van der Waals surface area contributed by atoms with Crippen molar-refractivity contribution >= 4 is 11.6 Å². The maximum absolute atomic E-state index is 12.7. The summed E-state index contributed by atoms with van der Waals surface area (Å²) in [6.07, 6.45) is 3.53. The number of carbonyl (C=O) groups is 1. The molecule has 140 valence electrons. The van der Waals surface area contributed by atoms with Crippen molar-refractivity contribution in [3.63, 3.8) is 0 Å². The molecule has 0 spiro atoms. The highest BCUT2D eigenvalue weighted by molar-refractivity contribution is 5.77. The van der Waals surface area contributed by atoms with Crippen LogP contribution in [-0.4, -0.2) is 20.5 Å². The molecule has 1 atom stereocenters. The predicted molar refractivity (Wildman–Crippen MR) is 106 cm³/mol. The molecule has 0 bridgehead atoms. The smallest absolute Gasteiger partial charge is 0.220 e. The molecular weight excluding hydrogens is 336 g/mol. The molecule has 1 aliphatic carbocycles. The number of hydrogen-bond donors (Lipinski definition) is 1. The molecule has 2 aromatic heterocycles. The molecule has 2 heterocycles. The number of nitrogens with one attached hydrogen (secondary N) is 1. The number of amides is 1. The van der Waals surface area contributed by atoms with E-state index in [4.69, 9.17) is 0 Å². The number of fused-ring (bicyclic) bond motifs is 1. The van der Waals surface area contributed by atoms with Crippen LogP contribution in [0.5, 0.6) is 0 Å². The summed E-state index contributed by atoms with van der Waals surface area (Å²) in [5.74, 6) is 0.677. The molecule has 27 heavy (non-hydrogen) atoms. The summed E-state index contributed by atoms with van der Waals surface area (Å²) in [5, 5.41) is 7.78. The number of carbonyl (C=O) groups excluding carboxylic acids is 1. The monoisotopic (exact) mass is 362 g/mol. The van der Waals surface area contributed by atoms with Gasteiger partial charge in [0.2, 0.25) is 5.91 Å². The van der Waals surface area contributed by atoms with Crippen molar-refractivity contribution in [1.29, 1.82) is 0 Å². The van der Waals surface area contributed by atoms with Crippen LogP contribution in [0.2, 0.25) is 0 Å². The molecule has 0 saturated heterocycles. The molecular formula is C22H26N4O. The lowest BCUT2D eigenvalue weighted by Crippen LogP contribution is -2.30. The third-order valence-electron chi connectivity index (χ3n) is 5.46. The van der Waals surface area contributed by atoms with E-state index in [1.165, 1.54) is 18.4 Å². The van der Waals surface area contributed by atoms with Crippen molar-refractivity contribution in [1.82, 2.24) is 19.9 Å². The van der Waals surface area contributed by atoms with E-state index >= 15 is 0 Å². The van der Waals surface area contributed by atoms with Gasteiger partial charge in [-0.3, -0.25) is 4.79 Å². The number of benzene rings is 1. The van der Waals surface area contributed by atoms with Gasteiger partial charge in [-0.05, 0) is 57.1 Å². The Morgan fingerprint density at radius 1 is 1.22 bits per heavy atom. The first-order valence-electron chi connectivity index (χ1n) is 9.69. The van der Waals surface area contributed by atoms with E-state index in [0.717, 1.165) is 28.3 Å². The van der Waals surface area contributed by atoms with Crippen molar-refractivity contribution in [3.8, 4) is 0 Å². The van der Waals surface area contributed by atoms with Gasteiger partial charge in [0.15, 0.2) is 5.65 Å². The first-order chi connectivity index (χ1) is 13.0. The lowest BCUT2D eigenvalue weighted by Gasteiger charge is -2.19. The van der Waals surface area contributed by atoms with Crippen LogP contribution in [0.15, 0.2) is 36.4 Å². The number of aryl methyl sites for hydroxylation is 3. The van der Waals surface area contributed by atoms with E-state index < -0.39 is 0 Å². The van der Waals surface area contributed by atoms with Crippen LogP contribution in [0, 0.1) is 26.7 Å². The standard InChI is InChI=1S/C22H26N4O/c1-14-13-20-23-15(2)19(16(3)26(20)25-14)11-12-21(27)24-22(18-9-10-18)17-7-5-4-6-8-17/h4-8,13,18,22H,9-12H2,1-3H3,(H,24,27). The summed E-state index contributed by atoms with van der Waals surface area (Å²) in [7, 11) is 0. The molecule has 1 N–H and O–H groups in total. The average molecular weight is 362 g/mol. The van der Waals surface area contributed by atoms with Gasteiger partial charge >= 0.3 is 0 Å². The number of nitrogens with zero attached hydrogens (tertiary/aromatic N) is 3. The first kappa shape index (κ1) is 17.7. The lowest BCUT2D eigenvalue weighted by atomic mass is 10.0. The SMILES string of the molecule is Cc1cc2nc(C)c(CCC(=O)NC(c3ccccc3)C3CC3)c(C)n2n1. The highest BCUT2D eigenvalue weighted by Crippen LogP contribution is 2.41. The minimum atomic E-state index is 0.103. The number of aromatic nitrogens is 3. The summed E-state index contributed by atoms with van der Waals surface area (Å²) in [5.41, 5.74) is 6.19. The van der Waals surface area contributed by atoms with Crippen LogP contribution < -0.4 is 5.32 Å². The fraction of sp³-hybridized carbons (Fsp3) is 0.409. The second kappa shape index (κ2) is 7.14. The van der Waals surface area contributed by atoms with Crippen molar-refractivity contribution < 1.29 is 4.79 Å². The molecule has 1 unspecified atom stereocenters. The predicted octanol–water partition coefficient (Wildman–Crippen LogP) is 3.85. The second-order valence-electron chi connectivity index (χ2n) is 7.61. The third kappa shape index (κ3) is 3.72. The van der Waals surface area contributed by atoms with Gasteiger partial charge < -0.3 is 5.32 Å². The lowest BCUT2D eigenvalue weighted by molar-refractivity contribution is -0.122. The van der Waals surface area contributed by atoms with E-state index in [1.807, 2.05) is 42.6 Å². The third-order valence-corrected chi connectivity index (χ3v) is 5.46. The van der Waals surface area contributed by atoms with Gasteiger partial charge in [-0.1, -0.05) is 30.3 Å². The fourth-order valence-electron chi connectivity index (χ4n) is 3.85. The Balaban J connectivity index is 1.47. The van der Waals surface area contributed by atoms with Crippen molar-refractivity contribution in [2.24, 2.45) is 5.92 Å². The fourth-order valence-corrected chi connectivity index (χ4v) is 3.85. The highest BCUT2D eigenvalue weighted by atomic mass is 16.1. The van der Waals surface area contributed by atoms with Crippen molar-refractivity contribution in [2.45, 2.75) is 52.5 Å². The van der Waals surface area contributed by atoms with E-state index in [9.17, 15) is 4.79 Å². The molecule has 1 fully saturated rings. The van der Waals surface area contributed by atoms with Crippen LogP contribution in [-0.2, 0) is 11.2 Å². The Kier molecular flexibility index (Phi) is 4.68. The normalized spacial score (nSPS) is 15.1. The largest absolute Gasteiger partial charge is 0.349 e.